The molecule has 1 aromatic carbocycles. The van der Waals surface area contributed by atoms with Crippen LogP contribution < -0.4 is 10.5 Å². The predicted molar refractivity (Wildman–Crippen MR) is 67.3 cm³/mol. The van der Waals surface area contributed by atoms with Crippen molar-refractivity contribution in [3.63, 3.8) is 0 Å². The molecule has 0 aliphatic heterocycles. The second-order valence-corrected chi connectivity index (χ2v) is 4.10. The Bertz CT molecular complexity index is 588. The van der Waals surface area contributed by atoms with E-state index in [2.05, 4.69) is 26.1 Å². The number of hydrogen-bond acceptors (Lipinski definition) is 6. The highest BCUT2D eigenvalue weighted by atomic mass is 79.9. The quantitative estimate of drug-likeness (QED) is 0.690. The Morgan fingerprint density at radius 2 is 2.06 bits per heavy atom. The van der Waals surface area contributed by atoms with Gasteiger partial charge in [-0.2, -0.15) is 0 Å². The average molecular weight is 311 g/mol. The minimum absolute atomic E-state index is 0.0709. The normalized spacial score (nSPS) is 10.1. The van der Waals surface area contributed by atoms with Crippen LogP contribution in [0.5, 0.6) is 11.6 Å². The molecule has 0 saturated heterocycles. The van der Waals surface area contributed by atoms with E-state index in [-0.39, 0.29) is 23.1 Å². The van der Waals surface area contributed by atoms with Gasteiger partial charge in [-0.15, -0.1) is 10.2 Å². The van der Waals surface area contributed by atoms with Gasteiger partial charge in [0, 0.05) is 12.1 Å². The summed E-state index contributed by atoms with van der Waals surface area (Å²) in [6.07, 6.45) is 0. The molecular weight excluding hydrogens is 304 g/mol. The molecule has 0 saturated carbocycles. The molecule has 8 heteroatoms. The van der Waals surface area contributed by atoms with Crippen LogP contribution in [0.15, 0.2) is 34.8 Å². The van der Waals surface area contributed by atoms with Crippen molar-refractivity contribution < 1.29 is 9.66 Å². The summed E-state index contributed by atoms with van der Waals surface area (Å²) in [4.78, 5) is 10.3. The van der Waals surface area contributed by atoms with Gasteiger partial charge in [-0.25, -0.2) is 0 Å². The molecule has 2 aromatic rings. The maximum absolute atomic E-state index is 10.9. The first kappa shape index (κ1) is 12.2. The monoisotopic (exact) mass is 310 g/mol. The van der Waals surface area contributed by atoms with Crippen LogP contribution in [0.25, 0.3) is 0 Å². The number of nitro groups is 1. The van der Waals surface area contributed by atoms with E-state index in [0.29, 0.717) is 4.47 Å². The number of rotatable bonds is 3. The van der Waals surface area contributed by atoms with Crippen molar-refractivity contribution in [3.05, 3.63) is 44.9 Å². The van der Waals surface area contributed by atoms with E-state index in [0.717, 1.165) is 0 Å². The first-order chi connectivity index (χ1) is 8.58. The maximum Gasteiger partial charge on any atom is 0.312 e. The van der Waals surface area contributed by atoms with E-state index >= 15 is 0 Å². The van der Waals surface area contributed by atoms with Crippen molar-refractivity contribution in [1.82, 2.24) is 10.2 Å². The molecule has 1 heterocycles. The third-order valence-corrected chi connectivity index (χ3v) is 2.63. The lowest BCUT2D eigenvalue weighted by molar-refractivity contribution is -0.385. The maximum atomic E-state index is 10.9. The van der Waals surface area contributed by atoms with Gasteiger partial charge in [0.1, 0.15) is 5.82 Å². The number of anilines is 1. The zero-order chi connectivity index (χ0) is 13.1. The molecule has 7 nitrogen and oxygen atoms in total. The summed E-state index contributed by atoms with van der Waals surface area (Å²) < 4.78 is 5.79. The van der Waals surface area contributed by atoms with Crippen molar-refractivity contribution >= 4 is 27.4 Å². The zero-order valence-corrected chi connectivity index (χ0v) is 10.5. The number of aromatic nitrogens is 2. The fourth-order valence-corrected chi connectivity index (χ4v) is 1.67. The Balaban J connectivity index is 2.39. The third-order valence-electron chi connectivity index (χ3n) is 2.01. The van der Waals surface area contributed by atoms with Gasteiger partial charge in [-0.1, -0.05) is 6.07 Å². The second kappa shape index (κ2) is 4.96. The Kier molecular flexibility index (Phi) is 3.38. The number of nitrogens with zero attached hydrogens (tertiary/aromatic N) is 3. The summed E-state index contributed by atoms with van der Waals surface area (Å²) in [6.45, 7) is 0. The lowest BCUT2D eigenvalue weighted by atomic mass is 10.3. The number of nitro benzene ring substituents is 1. The molecule has 0 aliphatic rings. The molecular formula is C10H7BrN4O3. The fourth-order valence-electron chi connectivity index (χ4n) is 1.23. The van der Waals surface area contributed by atoms with Crippen LogP contribution in [0.4, 0.5) is 11.5 Å². The smallest absolute Gasteiger partial charge is 0.312 e. The molecule has 2 rings (SSSR count). The molecule has 0 radical (unpaired) electrons. The van der Waals surface area contributed by atoms with Crippen LogP contribution in [-0.2, 0) is 0 Å². The molecule has 0 spiro atoms. The Labute approximate surface area is 110 Å². The lowest BCUT2D eigenvalue weighted by Crippen LogP contribution is -1.98. The number of benzene rings is 1. The molecule has 0 atom stereocenters. The van der Waals surface area contributed by atoms with Crippen LogP contribution in [0.2, 0.25) is 0 Å². The number of hydrogen-bond donors (Lipinski definition) is 1. The highest BCUT2D eigenvalue weighted by Gasteiger charge is 2.19. The molecule has 0 fully saturated rings. The first-order valence-electron chi connectivity index (χ1n) is 4.78. The lowest BCUT2D eigenvalue weighted by Gasteiger charge is -2.06. The number of ether oxygens (including phenoxy) is 1. The summed E-state index contributed by atoms with van der Waals surface area (Å²) in [5.74, 6) is 0.435. The highest BCUT2D eigenvalue weighted by molar-refractivity contribution is 9.10. The topological polar surface area (TPSA) is 104 Å². The van der Waals surface area contributed by atoms with Gasteiger partial charge in [0.15, 0.2) is 0 Å². The number of para-hydroxylation sites is 1. The van der Waals surface area contributed by atoms with Crippen molar-refractivity contribution in [2.24, 2.45) is 0 Å². The first-order valence-corrected chi connectivity index (χ1v) is 5.57. The van der Waals surface area contributed by atoms with Gasteiger partial charge in [-0.3, -0.25) is 10.1 Å². The summed E-state index contributed by atoms with van der Waals surface area (Å²) >= 11 is 3.19. The summed E-state index contributed by atoms with van der Waals surface area (Å²) in [5.41, 5.74) is 5.22. The van der Waals surface area contributed by atoms with Crippen LogP contribution in [0.3, 0.4) is 0 Å². The number of nitrogens with two attached hydrogens (primary N) is 1. The van der Waals surface area contributed by atoms with Crippen LogP contribution in [-0.4, -0.2) is 15.1 Å². The standard InChI is InChI=1S/C10H7BrN4O3/c11-6-2-1-3-7(15(16)17)10(6)18-9-5-4-8(12)13-14-9/h1-5H,(H2,12,13). The van der Waals surface area contributed by atoms with E-state index in [9.17, 15) is 10.1 Å². The van der Waals surface area contributed by atoms with Gasteiger partial charge in [0.2, 0.25) is 11.6 Å². The van der Waals surface area contributed by atoms with Crippen LogP contribution >= 0.6 is 15.9 Å². The van der Waals surface area contributed by atoms with Crippen molar-refractivity contribution in [2.75, 3.05) is 5.73 Å². The van der Waals surface area contributed by atoms with Crippen molar-refractivity contribution in [2.45, 2.75) is 0 Å². The van der Waals surface area contributed by atoms with E-state index in [1.54, 1.807) is 12.1 Å². The van der Waals surface area contributed by atoms with Gasteiger partial charge in [-0.05, 0) is 28.1 Å². The number of halogens is 1. The van der Waals surface area contributed by atoms with Crippen LogP contribution in [0, 0.1) is 10.1 Å². The molecule has 0 amide bonds. The molecule has 2 N–H and O–H groups in total. The van der Waals surface area contributed by atoms with Crippen LogP contribution in [0.1, 0.15) is 0 Å². The Hall–Kier alpha value is -2.22. The van der Waals surface area contributed by atoms with Gasteiger partial charge in [0.25, 0.3) is 0 Å². The average Bonchev–Trinajstić information content (AvgIpc) is 2.34. The van der Waals surface area contributed by atoms with E-state index in [1.807, 2.05) is 0 Å². The van der Waals surface area contributed by atoms with E-state index in [4.69, 9.17) is 10.5 Å². The number of nitrogen functional groups attached to an aromatic ring is 1. The van der Waals surface area contributed by atoms with Crippen molar-refractivity contribution in [1.29, 1.82) is 0 Å². The van der Waals surface area contributed by atoms with Gasteiger partial charge < -0.3 is 10.5 Å². The molecule has 0 aliphatic carbocycles. The van der Waals surface area contributed by atoms with E-state index in [1.165, 1.54) is 18.2 Å². The Morgan fingerprint density at radius 3 is 2.67 bits per heavy atom. The SMILES string of the molecule is Nc1ccc(Oc2c(Br)cccc2[N+](=O)[O-])nn1. The predicted octanol–water partition coefficient (Wildman–Crippen LogP) is 2.52. The van der Waals surface area contributed by atoms with E-state index < -0.39 is 4.92 Å². The second-order valence-electron chi connectivity index (χ2n) is 3.24. The summed E-state index contributed by atoms with van der Waals surface area (Å²) in [6, 6.07) is 7.48. The minimum atomic E-state index is -0.537. The van der Waals surface area contributed by atoms with Crippen molar-refractivity contribution in [3.8, 4) is 11.6 Å². The molecule has 1 aromatic heterocycles. The largest absolute Gasteiger partial charge is 0.429 e. The Morgan fingerprint density at radius 1 is 1.28 bits per heavy atom. The minimum Gasteiger partial charge on any atom is -0.429 e. The molecule has 0 unspecified atom stereocenters. The van der Waals surface area contributed by atoms with Gasteiger partial charge >= 0.3 is 5.69 Å². The zero-order valence-electron chi connectivity index (χ0n) is 8.91. The third kappa shape index (κ3) is 2.54. The molecule has 92 valence electrons. The molecule has 0 bridgehead atoms. The summed E-state index contributed by atoms with van der Waals surface area (Å²) in [5, 5.41) is 18.1. The van der Waals surface area contributed by atoms with Gasteiger partial charge in [0.05, 0.1) is 9.40 Å². The highest BCUT2D eigenvalue weighted by Crippen LogP contribution is 2.37. The summed E-state index contributed by atoms with van der Waals surface area (Å²) in [7, 11) is 0. The fraction of sp³-hybridized carbons (Fsp3) is 0. The molecule has 18 heavy (non-hydrogen) atoms.